The number of nitrogens with one attached hydrogen (secondary N) is 1. The van der Waals surface area contributed by atoms with Gasteiger partial charge in [0.05, 0.1) is 29.0 Å². The Morgan fingerprint density at radius 1 is 1.03 bits per heavy atom. The molecule has 0 aliphatic heterocycles. The highest BCUT2D eigenvalue weighted by molar-refractivity contribution is 5.77. The number of halogens is 1. The molecule has 148 valence electrons. The van der Waals surface area contributed by atoms with Gasteiger partial charge >= 0.3 is 0 Å². The zero-order valence-electron chi connectivity index (χ0n) is 16.4. The predicted molar refractivity (Wildman–Crippen MR) is 113 cm³/mol. The SMILES string of the molecule is Cc1cc(F)ccc1-c1cn2cccc(Nc3ccc(-c4ocnc4C)nc3)c2n1. The molecule has 0 fully saturated rings. The van der Waals surface area contributed by atoms with Gasteiger partial charge in [0.15, 0.2) is 17.8 Å². The topological polar surface area (TPSA) is 68.2 Å². The summed E-state index contributed by atoms with van der Waals surface area (Å²) in [6.45, 7) is 3.76. The molecule has 4 heterocycles. The van der Waals surface area contributed by atoms with E-state index in [9.17, 15) is 4.39 Å². The molecule has 1 aromatic carbocycles. The first-order valence-corrected chi connectivity index (χ1v) is 9.46. The van der Waals surface area contributed by atoms with Crippen molar-refractivity contribution in [3.63, 3.8) is 0 Å². The first-order valence-electron chi connectivity index (χ1n) is 9.46. The second-order valence-electron chi connectivity index (χ2n) is 7.06. The number of rotatable bonds is 4. The van der Waals surface area contributed by atoms with E-state index in [4.69, 9.17) is 9.40 Å². The summed E-state index contributed by atoms with van der Waals surface area (Å²) < 4.78 is 20.8. The van der Waals surface area contributed by atoms with Crippen LogP contribution in [0, 0.1) is 19.7 Å². The Balaban J connectivity index is 1.47. The van der Waals surface area contributed by atoms with Crippen molar-refractivity contribution >= 4 is 17.0 Å². The number of anilines is 2. The van der Waals surface area contributed by atoms with Crippen molar-refractivity contribution in [1.82, 2.24) is 19.4 Å². The molecule has 0 bridgehead atoms. The van der Waals surface area contributed by atoms with Crippen molar-refractivity contribution in [2.75, 3.05) is 5.32 Å². The minimum absolute atomic E-state index is 0.251. The fraction of sp³-hybridized carbons (Fsp3) is 0.0870. The molecule has 7 heteroatoms. The van der Waals surface area contributed by atoms with Gasteiger partial charge in [0, 0.05) is 18.0 Å². The molecule has 0 saturated heterocycles. The van der Waals surface area contributed by atoms with Gasteiger partial charge < -0.3 is 14.1 Å². The smallest absolute Gasteiger partial charge is 0.181 e. The maximum absolute atomic E-state index is 13.5. The highest BCUT2D eigenvalue weighted by Crippen LogP contribution is 2.28. The van der Waals surface area contributed by atoms with E-state index in [1.165, 1.54) is 18.5 Å². The third kappa shape index (κ3) is 3.20. The molecule has 0 unspecified atom stereocenters. The largest absolute Gasteiger partial charge is 0.442 e. The van der Waals surface area contributed by atoms with Crippen LogP contribution in [-0.2, 0) is 0 Å². The van der Waals surface area contributed by atoms with Crippen molar-refractivity contribution < 1.29 is 8.81 Å². The predicted octanol–water partition coefficient (Wildman–Crippen LogP) is 5.55. The zero-order valence-corrected chi connectivity index (χ0v) is 16.4. The Morgan fingerprint density at radius 2 is 1.93 bits per heavy atom. The highest BCUT2D eigenvalue weighted by atomic mass is 19.1. The molecule has 0 amide bonds. The van der Waals surface area contributed by atoms with E-state index in [0.29, 0.717) is 5.76 Å². The lowest BCUT2D eigenvalue weighted by Gasteiger charge is -2.08. The van der Waals surface area contributed by atoms with Crippen LogP contribution in [-0.4, -0.2) is 19.4 Å². The fourth-order valence-electron chi connectivity index (χ4n) is 3.46. The van der Waals surface area contributed by atoms with Crippen LogP contribution in [0.4, 0.5) is 15.8 Å². The Morgan fingerprint density at radius 3 is 2.67 bits per heavy atom. The van der Waals surface area contributed by atoms with E-state index in [1.807, 2.05) is 54.9 Å². The lowest BCUT2D eigenvalue weighted by Crippen LogP contribution is -1.95. The molecule has 0 atom stereocenters. The van der Waals surface area contributed by atoms with Gasteiger partial charge in [-0.3, -0.25) is 4.98 Å². The summed E-state index contributed by atoms with van der Waals surface area (Å²) in [5.74, 6) is 0.412. The van der Waals surface area contributed by atoms with Crippen LogP contribution in [0.15, 0.2) is 71.9 Å². The average molecular weight is 399 g/mol. The Kier molecular flexibility index (Phi) is 4.28. The third-order valence-corrected chi connectivity index (χ3v) is 4.97. The molecule has 0 aliphatic carbocycles. The normalized spacial score (nSPS) is 11.2. The zero-order chi connectivity index (χ0) is 20.7. The summed E-state index contributed by atoms with van der Waals surface area (Å²) >= 11 is 0. The average Bonchev–Trinajstić information content (AvgIpc) is 3.35. The minimum Gasteiger partial charge on any atom is -0.442 e. The molecule has 6 nitrogen and oxygen atoms in total. The molecule has 5 aromatic rings. The quantitative estimate of drug-likeness (QED) is 0.429. The second-order valence-corrected chi connectivity index (χ2v) is 7.06. The van der Waals surface area contributed by atoms with Gasteiger partial charge in [-0.25, -0.2) is 14.4 Å². The second kappa shape index (κ2) is 7.11. The number of oxazole rings is 1. The number of aryl methyl sites for hydroxylation is 2. The van der Waals surface area contributed by atoms with E-state index in [-0.39, 0.29) is 5.82 Å². The molecule has 5 rings (SSSR count). The molecule has 0 radical (unpaired) electrons. The van der Waals surface area contributed by atoms with Gasteiger partial charge in [-0.2, -0.15) is 0 Å². The summed E-state index contributed by atoms with van der Waals surface area (Å²) in [6.07, 6.45) is 7.03. The number of nitrogens with zero attached hydrogens (tertiary/aromatic N) is 4. The molecule has 30 heavy (non-hydrogen) atoms. The van der Waals surface area contributed by atoms with Crippen LogP contribution in [0.5, 0.6) is 0 Å². The standard InChI is InChI=1S/C23H18FN5O/c1-14-10-16(24)5-7-18(14)21-12-29-9-3-4-20(23(29)28-21)27-17-6-8-19(25-11-17)22-15(2)26-13-30-22/h3-13,27H,1-2H3. The molecular weight excluding hydrogens is 381 g/mol. The first kappa shape index (κ1) is 18.1. The summed E-state index contributed by atoms with van der Waals surface area (Å²) in [7, 11) is 0. The van der Waals surface area contributed by atoms with Crippen molar-refractivity contribution in [2.45, 2.75) is 13.8 Å². The van der Waals surface area contributed by atoms with Crippen molar-refractivity contribution in [3.8, 4) is 22.7 Å². The molecule has 0 saturated carbocycles. The lowest BCUT2D eigenvalue weighted by molar-refractivity contribution is 0.569. The van der Waals surface area contributed by atoms with E-state index >= 15 is 0 Å². The number of aromatic nitrogens is 4. The van der Waals surface area contributed by atoms with Gasteiger partial charge in [0.1, 0.15) is 11.5 Å². The Labute approximate surface area is 172 Å². The van der Waals surface area contributed by atoms with Crippen LogP contribution in [0.3, 0.4) is 0 Å². The van der Waals surface area contributed by atoms with Crippen LogP contribution in [0.1, 0.15) is 11.3 Å². The molecular formula is C23H18FN5O. The summed E-state index contributed by atoms with van der Waals surface area (Å²) in [6, 6.07) is 12.4. The number of hydrogen-bond donors (Lipinski definition) is 1. The lowest BCUT2D eigenvalue weighted by atomic mass is 10.1. The molecule has 0 spiro atoms. The van der Waals surface area contributed by atoms with Crippen LogP contribution < -0.4 is 5.32 Å². The number of imidazole rings is 1. The Hall–Kier alpha value is -4.00. The van der Waals surface area contributed by atoms with Crippen molar-refractivity contribution in [1.29, 1.82) is 0 Å². The number of fused-ring (bicyclic) bond motifs is 1. The maximum atomic E-state index is 13.5. The monoisotopic (exact) mass is 399 g/mol. The van der Waals surface area contributed by atoms with Crippen molar-refractivity contribution in [3.05, 3.63) is 84.5 Å². The fourth-order valence-corrected chi connectivity index (χ4v) is 3.46. The molecule has 1 N–H and O–H groups in total. The Bertz CT molecular complexity index is 1350. The molecule has 4 aromatic heterocycles. The summed E-state index contributed by atoms with van der Waals surface area (Å²) in [5.41, 5.74) is 6.50. The van der Waals surface area contributed by atoms with Crippen molar-refractivity contribution in [2.24, 2.45) is 0 Å². The third-order valence-electron chi connectivity index (χ3n) is 4.97. The number of pyridine rings is 2. The van der Waals surface area contributed by atoms with Crippen LogP contribution in [0.2, 0.25) is 0 Å². The van der Waals surface area contributed by atoms with Gasteiger partial charge in [-0.1, -0.05) is 0 Å². The van der Waals surface area contributed by atoms with E-state index < -0.39 is 0 Å². The summed E-state index contributed by atoms with van der Waals surface area (Å²) in [4.78, 5) is 13.3. The van der Waals surface area contributed by atoms with Gasteiger partial charge in [0.2, 0.25) is 0 Å². The van der Waals surface area contributed by atoms with Gasteiger partial charge in [0.25, 0.3) is 0 Å². The van der Waals surface area contributed by atoms with Gasteiger partial charge in [-0.15, -0.1) is 0 Å². The van der Waals surface area contributed by atoms with Crippen LogP contribution in [0.25, 0.3) is 28.4 Å². The number of hydrogen-bond acceptors (Lipinski definition) is 5. The van der Waals surface area contributed by atoms with E-state index in [0.717, 1.165) is 45.2 Å². The van der Waals surface area contributed by atoms with Crippen LogP contribution >= 0.6 is 0 Å². The number of benzene rings is 1. The maximum Gasteiger partial charge on any atom is 0.181 e. The summed E-state index contributed by atoms with van der Waals surface area (Å²) in [5, 5.41) is 3.37. The van der Waals surface area contributed by atoms with E-state index in [2.05, 4.69) is 15.3 Å². The highest BCUT2D eigenvalue weighted by Gasteiger charge is 2.12. The van der Waals surface area contributed by atoms with Gasteiger partial charge in [-0.05, 0) is 61.9 Å². The minimum atomic E-state index is -0.251. The van der Waals surface area contributed by atoms with E-state index in [1.54, 1.807) is 12.3 Å². The first-order chi connectivity index (χ1) is 14.6. The molecule has 0 aliphatic rings.